The van der Waals surface area contributed by atoms with Crippen LogP contribution in [0.5, 0.6) is 11.5 Å². The van der Waals surface area contributed by atoms with Crippen molar-refractivity contribution in [2.24, 2.45) is 0 Å². The fourth-order valence-electron chi connectivity index (χ4n) is 4.43. The number of carbonyl (C=O) groups is 2. The Hall–Kier alpha value is -3.60. The molecular weight excluding hydrogens is 500 g/mol. The second kappa shape index (κ2) is 17.2. The standard InChI is InChI=1S/C35H44O5/c1-4-6-8-9-10-12-26-38-32-22-18-29(19-23-32)30-20-24-33(25-21-30)40-35(37)31-16-14-28(15-17-31)27(3)39-34(36)13-11-7-5-2/h14-25,27H,4-13,26H2,1-3H3. The molecule has 5 nitrogen and oxygen atoms in total. The maximum atomic E-state index is 12.7. The van der Waals surface area contributed by atoms with E-state index < -0.39 is 5.97 Å². The van der Waals surface area contributed by atoms with Crippen LogP contribution in [0.1, 0.15) is 107 Å². The summed E-state index contributed by atoms with van der Waals surface area (Å²) >= 11 is 0. The second-order valence-corrected chi connectivity index (χ2v) is 10.3. The molecule has 0 saturated heterocycles. The topological polar surface area (TPSA) is 61.8 Å². The summed E-state index contributed by atoms with van der Waals surface area (Å²) in [7, 11) is 0. The minimum absolute atomic E-state index is 0.194. The van der Waals surface area contributed by atoms with Gasteiger partial charge in [0, 0.05) is 6.42 Å². The molecule has 214 valence electrons. The molecule has 3 aromatic carbocycles. The van der Waals surface area contributed by atoms with Crippen molar-refractivity contribution >= 4 is 11.9 Å². The van der Waals surface area contributed by atoms with Crippen molar-refractivity contribution in [3.63, 3.8) is 0 Å². The molecule has 0 aromatic heterocycles. The van der Waals surface area contributed by atoms with Gasteiger partial charge in [-0.25, -0.2) is 4.79 Å². The van der Waals surface area contributed by atoms with E-state index in [1.807, 2.05) is 43.3 Å². The molecule has 1 unspecified atom stereocenters. The lowest BCUT2D eigenvalue weighted by molar-refractivity contribution is -0.148. The Kier molecular flexibility index (Phi) is 13.3. The highest BCUT2D eigenvalue weighted by molar-refractivity contribution is 5.91. The van der Waals surface area contributed by atoms with Gasteiger partial charge >= 0.3 is 11.9 Å². The van der Waals surface area contributed by atoms with Crippen molar-refractivity contribution in [1.82, 2.24) is 0 Å². The molecule has 0 aliphatic heterocycles. The minimum Gasteiger partial charge on any atom is -0.494 e. The molecule has 0 bridgehead atoms. The lowest BCUT2D eigenvalue weighted by Gasteiger charge is -2.14. The summed E-state index contributed by atoms with van der Waals surface area (Å²) in [5.74, 6) is 0.732. The van der Waals surface area contributed by atoms with Crippen molar-refractivity contribution in [1.29, 1.82) is 0 Å². The van der Waals surface area contributed by atoms with Crippen molar-refractivity contribution in [2.75, 3.05) is 6.61 Å². The van der Waals surface area contributed by atoms with Gasteiger partial charge in [-0.15, -0.1) is 0 Å². The summed E-state index contributed by atoms with van der Waals surface area (Å²) in [6.45, 7) is 6.92. The first-order valence-corrected chi connectivity index (χ1v) is 14.8. The van der Waals surface area contributed by atoms with Crippen molar-refractivity contribution in [3.8, 4) is 22.6 Å². The summed E-state index contributed by atoms with van der Waals surface area (Å²) < 4.78 is 17.0. The van der Waals surface area contributed by atoms with Gasteiger partial charge in [0.25, 0.3) is 0 Å². The zero-order chi connectivity index (χ0) is 28.6. The number of rotatable bonds is 17. The van der Waals surface area contributed by atoms with Gasteiger partial charge in [0.05, 0.1) is 12.2 Å². The Morgan fingerprint density at radius 2 is 1.20 bits per heavy atom. The predicted octanol–water partition coefficient (Wildman–Crippen LogP) is 9.50. The molecule has 40 heavy (non-hydrogen) atoms. The Balaban J connectivity index is 1.45. The van der Waals surface area contributed by atoms with E-state index in [9.17, 15) is 9.59 Å². The fourth-order valence-corrected chi connectivity index (χ4v) is 4.43. The van der Waals surface area contributed by atoms with Gasteiger partial charge < -0.3 is 14.2 Å². The van der Waals surface area contributed by atoms with E-state index >= 15 is 0 Å². The largest absolute Gasteiger partial charge is 0.494 e. The molecule has 3 aromatic rings. The molecule has 0 amide bonds. The summed E-state index contributed by atoms with van der Waals surface area (Å²) in [4.78, 5) is 24.7. The number of unbranched alkanes of at least 4 members (excludes halogenated alkanes) is 7. The highest BCUT2D eigenvalue weighted by atomic mass is 16.5. The predicted molar refractivity (Wildman–Crippen MR) is 161 cm³/mol. The Labute approximate surface area is 239 Å². The van der Waals surface area contributed by atoms with E-state index in [1.54, 1.807) is 36.4 Å². The third-order valence-corrected chi connectivity index (χ3v) is 6.93. The molecule has 0 aliphatic carbocycles. The van der Waals surface area contributed by atoms with E-state index in [2.05, 4.69) is 13.8 Å². The molecular formula is C35H44O5. The maximum Gasteiger partial charge on any atom is 0.343 e. The summed E-state index contributed by atoms with van der Waals surface area (Å²) in [5, 5.41) is 0. The number of hydrogen-bond donors (Lipinski definition) is 0. The van der Waals surface area contributed by atoms with Crippen molar-refractivity contribution < 1.29 is 23.8 Å². The van der Waals surface area contributed by atoms with Gasteiger partial charge in [-0.3, -0.25) is 4.79 Å². The minimum atomic E-state index is -0.435. The van der Waals surface area contributed by atoms with E-state index in [4.69, 9.17) is 14.2 Å². The molecule has 0 N–H and O–H groups in total. The SMILES string of the molecule is CCCCCCCCOc1ccc(-c2ccc(OC(=O)c3ccc(C(C)OC(=O)CCCCC)cc3)cc2)cc1. The van der Waals surface area contributed by atoms with Crippen LogP contribution >= 0.6 is 0 Å². The summed E-state index contributed by atoms with van der Waals surface area (Å²) in [6.07, 6.45) is 10.5. The van der Waals surface area contributed by atoms with Gasteiger partial charge in [0.2, 0.25) is 0 Å². The molecule has 0 saturated carbocycles. The normalized spacial score (nSPS) is 11.6. The van der Waals surface area contributed by atoms with Crippen LogP contribution in [0.4, 0.5) is 0 Å². The molecule has 3 rings (SSSR count). The quantitative estimate of drug-likeness (QED) is 0.0962. The summed E-state index contributed by atoms with van der Waals surface area (Å²) in [6, 6.07) is 22.5. The molecule has 0 fully saturated rings. The van der Waals surface area contributed by atoms with E-state index in [1.165, 1.54) is 32.1 Å². The average molecular weight is 545 g/mol. The summed E-state index contributed by atoms with van der Waals surface area (Å²) in [5.41, 5.74) is 3.37. The number of benzene rings is 3. The molecule has 1 atom stereocenters. The maximum absolute atomic E-state index is 12.7. The van der Waals surface area contributed by atoms with Gasteiger partial charge in [-0.2, -0.15) is 0 Å². The average Bonchev–Trinajstić information content (AvgIpc) is 2.97. The Morgan fingerprint density at radius 1 is 0.650 bits per heavy atom. The van der Waals surface area contributed by atoms with Crippen molar-refractivity contribution in [3.05, 3.63) is 83.9 Å². The first-order valence-electron chi connectivity index (χ1n) is 14.8. The number of carbonyl (C=O) groups excluding carboxylic acids is 2. The van der Waals surface area contributed by atoms with Crippen LogP contribution in [-0.4, -0.2) is 18.5 Å². The monoisotopic (exact) mass is 544 g/mol. The molecule has 0 radical (unpaired) electrons. The lowest BCUT2D eigenvalue weighted by Crippen LogP contribution is -2.10. The van der Waals surface area contributed by atoms with E-state index in [-0.39, 0.29) is 12.1 Å². The zero-order valence-corrected chi connectivity index (χ0v) is 24.3. The first-order chi connectivity index (χ1) is 19.5. The van der Waals surface area contributed by atoms with Crippen molar-refractivity contribution in [2.45, 2.75) is 91.1 Å². The Bertz CT molecular complexity index is 1150. The van der Waals surface area contributed by atoms with Crippen LogP contribution in [-0.2, 0) is 9.53 Å². The van der Waals surface area contributed by atoms with Crippen LogP contribution in [0.2, 0.25) is 0 Å². The molecule has 0 aliphatic rings. The number of esters is 2. The number of hydrogen-bond acceptors (Lipinski definition) is 5. The molecule has 0 heterocycles. The van der Waals surface area contributed by atoms with Crippen LogP contribution in [0.15, 0.2) is 72.8 Å². The Morgan fingerprint density at radius 3 is 1.82 bits per heavy atom. The lowest BCUT2D eigenvalue weighted by atomic mass is 10.1. The van der Waals surface area contributed by atoms with Gasteiger partial charge in [-0.05, 0) is 72.9 Å². The van der Waals surface area contributed by atoms with E-state index in [0.717, 1.165) is 54.7 Å². The highest BCUT2D eigenvalue weighted by Gasteiger charge is 2.14. The smallest absolute Gasteiger partial charge is 0.343 e. The third kappa shape index (κ3) is 10.5. The van der Waals surface area contributed by atoms with Gasteiger partial charge in [0.1, 0.15) is 17.6 Å². The third-order valence-electron chi connectivity index (χ3n) is 6.93. The van der Waals surface area contributed by atoms with E-state index in [0.29, 0.717) is 17.7 Å². The fraction of sp³-hybridized carbons (Fsp3) is 0.429. The molecule has 5 heteroatoms. The van der Waals surface area contributed by atoms with Crippen LogP contribution < -0.4 is 9.47 Å². The van der Waals surface area contributed by atoms with Crippen LogP contribution in [0, 0.1) is 0 Å². The zero-order valence-electron chi connectivity index (χ0n) is 24.3. The second-order valence-electron chi connectivity index (χ2n) is 10.3. The first kappa shape index (κ1) is 30.9. The van der Waals surface area contributed by atoms with Crippen LogP contribution in [0.3, 0.4) is 0 Å². The molecule has 0 spiro atoms. The highest BCUT2D eigenvalue weighted by Crippen LogP contribution is 2.26. The van der Waals surface area contributed by atoms with Gasteiger partial charge in [-0.1, -0.05) is 95.2 Å². The number of ether oxygens (including phenoxy) is 3. The van der Waals surface area contributed by atoms with Crippen LogP contribution in [0.25, 0.3) is 11.1 Å². The van der Waals surface area contributed by atoms with Gasteiger partial charge in [0.15, 0.2) is 0 Å².